The molecule has 9 heteroatoms. The summed E-state index contributed by atoms with van der Waals surface area (Å²) < 4.78 is 43.4. The van der Waals surface area contributed by atoms with Crippen molar-refractivity contribution in [1.29, 1.82) is 0 Å². The Kier molecular flexibility index (Phi) is 3.65. The molecular weight excluding hydrogens is 311 g/mol. The van der Waals surface area contributed by atoms with Crippen LogP contribution in [0.4, 0.5) is 18.3 Å². The smallest absolute Gasteiger partial charge is 0.367 e. The SMILES string of the molecule is FC(F)(F)c1cnc(N2CCOC(c3nccs3)C2)s1. The van der Waals surface area contributed by atoms with Gasteiger partial charge in [-0.1, -0.05) is 11.3 Å². The molecule has 1 unspecified atom stereocenters. The van der Waals surface area contributed by atoms with Gasteiger partial charge >= 0.3 is 6.18 Å². The first-order valence-corrected chi connectivity index (χ1v) is 7.52. The number of thiazole rings is 2. The van der Waals surface area contributed by atoms with E-state index >= 15 is 0 Å². The van der Waals surface area contributed by atoms with Crippen LogP contribution < -0.4 is 4.90 Å². The van der Waals surface area contributed by atoms with Crippen LogP contribution in [0.2, 0.25) is 0 Å². The second kappa shape index (κ2) is 5.30. The van der Waals surface area contributed by atoms with Crippen molar-refractivity contribution in [3.8, 4) is 0 Å². The standard InChI is InChI=1S/C11H10F3N3OS2/c12-11(13,14)8-5-16-10(20-8)17-2-3-18-7(6-17)9-15-1-4-19-9/h1,4-5,7H,2-3,6H2. The van der Waals surface area contributed by atoms with Crippen LogP contribution in [0.1, 0.15) is 16.0 Å². The number of halogens is 3. The fourth-order valence-electron chi connectivity index (χ4n) is 1.91. The quantitative estimate of drug-likeness (QED) is 0.851. The molecule has 4 nitrogen and oxygen atoms in total. The van der Waals surface area contributed by atoms with E-state index in [0.29, 0.717) is 36.2 Å². The predicted molar refractivity (Wildman–Crippen MR) is 70.1 cm³/mol. The second-order valence-corrected chi connectivity index (χ2v) is 6.12. The molecule has 1 saturated heterocycles. The van der Waals surface area contributed by atoms with Gasteiger partial charge in [-0.25, -0.2) is 9.97 Å². The molecule has 0 saturated carbocycles. The first-order chi connectivity index (χ1) is 9.54. The monoisotopic (exact) mass is 321 g/mol. The normalized spacial score (nSPS) is 20.4. The number of hydrogen-bond donors (Lipinski definition) is 0. The minimum absolute atomic E-state index is 0.206. The van der Waals surface area contributed by atoms with Gasteiger partial charge in [0.05, 0.1) is 19.3 Å². The molecule has 0 aliphatic carbocycles. The number of aromatic nitrogens is 2. The summed E-state index contributed by atoms with van der Waals surface area (Å²) in [6.45, 7) is 1.45. The summed E-state index contributed by atoms with van der Waals surface area (Å²) in [7, 11) is 0. The number of alkyl halides is 3. The first kappa shape index (κ1) is 13.8. The van der Waals surface area contributed by atoms with Gasteiger partial charge in [0.2, 0.25) is 0 Å². The highest BCUT2D eigenvalue weighted by Crippen LogP contribution is 2.37. The Morgan fingerprint density at radius 1 is 1.35 bits per heavy atom. The van der Waals surface area contributed by atoms with Gasteiger partial charge in [-0.2, -0.15) is 13.2 Å². The fourth-order valence-corrected chi connectivity index (χ4v) is 3.40. The lowest BCUT2D eigenvalue weighted by Gasteiger charge is -2.31. The minimum Gasteiger partial charge on any atom is -0.367 e. The molecule has 3 rings (SSSR count). The molecule has 1 atom stereocenters. The highest BCUT2D eigenvalue weighted by Gasteiger charge is 2.34. The molecule has 2 aromatic heterocycles. The summed E-state index contributed by atoms with van der Waals surface area (Å²) in [5, 5.41) is 3.06. The molecule has 3 heterocycles. The van der Waals surface area contributed by atoms with Gasteiger partial charge in [-0.3, -0.25) is 0 Å². The van der Waals surface area contributed by atoms with Crippen molar-refractivity contribution >= 4 is 27.8 Å². The average Bonchev–Trinajstić information content (AvgIpc) is 3.10. The zero-order valence-corrected chi connectivity index (χ0v) is 11.8. The van der Waals surface area contributed by atoms with E-state index in [4.69, 9.17) is 4.74 Å². The number of ether oxygens (including phenoxy) is 1. The lowest BCUT2D eigenvalue weighted by molar-refractivity contribution is -0.134. The van der Waals surface area contributed by atoms with E-state index in [0.717, 1.165) is 11.2 Å². The van der Waals surface area contributed by atoms with E-state index in [1.165, 1.54) is 11.3 Å². The van der Waals surface area contributed by atoms with Gasteiger partial charge in [0.1, 0.15) is 16.0 Å². The molecule has 1 fully saturated rings. The van der Waals surface area contributed by atoms with E-state index in [-0.39, 0.29) is 6.10 Å². The van der Waals surface area contributed by atoms with Crippen molar-refractivity contribution in [2.75, 3.05) is 24.6 Å². The third kappa shape index (κ3) is 2.79. The van der Waals surface area contributed by atoms with Crippen LogP contribution in [0.3, 0.4) is 0 Å². The molecule has 20 heavy (non-hydrogen) atoms. The molecule has 0 spiro atoms. The van der Waals surface area contributed by atoms with Gasteiger partial charge in [-0.15, -0.1) is 11.3 Å². The Morgan fingerprint density at radius 3 is 2.85 bits per heavy atom. The van der Waals surface area contributed by atoms with Crippen LogP contribution in [0.25, 0.3) is 0 Å². The molecular formula is C11H10F3N3OS2. The van der Waals surface area contributed by atoms with E-state index < -0.39 is 11.1 Å². The highest BCUT2D eigenvalue weighted by molar-refractivity contribution is 7.15. The van der Waals surface area contributed by atoms with Crippen LogP contribution in [-0.4, -0.2) is 29.7 Å². The lowest BCUT2D eigenvalue weighted by Crippen LogP contribution is -2.38. The van der Waals surface area contributed by atoms with E-state index in [2.05, 4.69) is 9.97 Å². The molecule has 0 radical (unpaired) electrons. The number of nitrogens with zero attached hydrogens (tertiary/aromatic N) is 3. The van der Waals surface area contributed by atoms with Gasteiger partial charge in [0, 0.05) is 18.1 Å². The Labute approximate surface area is 120 Å². The average molecular weight is 321 g/mol. The summed E-state index contributed by atoms with van der Waals surface area (Å²) in [5.74, 6) is 0. The Hall–Kier alpha value is -1.19. The number of rotatable bonds is 2. The van der Waals surface area contributed by atoms with Crippen molar-refractivity contribution in [2.24, 2.45) is 0 Å². The van der Waals surface area contributed by atoms with E-state index in [1.54, 1.807) is 6.20 Å². The Morgan fingerprint density at radius 2 is 2.20 bits per heavy atom. The van der Waals surface area contributed by atoms with Crippen molar-refractivity contribution in [2.45, 2.75) is 12.3 Å². The third-order valence-electron chi connectivity index (χ3n) is 2.84. The molecule has 108 valence electrons. The maximum Gasteiger partial charge on any atom is 0.427 e. The molecule has 1 aliphatic heterocycles. The van der Waals surface area contributed by atoms with Crippen LogP contribution in [-0.2, 0) is 10.9 Å². The highest BCUT2D eigenvalue weighted by atomic mass is 32.1. The largest absolute Gasteiger partial charge is 0.427 e. The second-order valence-electron chi connectivity index (χ2n) is 4.18. The maximum atomic E-state index is 12.6. The van der Waals surface area contributed by atoms with Gasteiger partial charge in [0.15, 0.2) is 5.13 Å². The van der Waals surface area contributed by atoms with Crippen molar-refractivity contribution < 1.29 is 17.9 Å². The van der Waals surface area contributed by atoms with E-state index in [9.17, 15) is 13.2 Å². The van der Waals surface area contributed by atoms with Gasteiger partial charge < -0.3 is 9.64 Å². The molecule has 0 aromatic carbocycles. The molecule has 1 aliphatic rings. The maximum absolute atomic E-state index is 12.6. The van der Waals surface area contributed by atoms with Crippen LogP contribution in [0, 0.1) is 0 Å². The first-order valence-electron chi connectivity index (χ1n) is 5.83. The topological polar surface area (TPSA) is 38.2 Å². The minimum atomic E-state index is -4.34. The number of morpholine rings is 1. The summed E-state index contributed by atoms with van der Waals surface area (Å²) in [6, 6.07) is 0. The summed E-state index contributed by atoms with van der Waals surface area (Å²) in [5.41, 5.74) is 0. The molecule has 0 amide bonds. The van der Waals surface area contributed by atoms with E-state index in [1.807, 2.05) is 10.3 Å². The summed E-state index contributed by atoms with van der Waals surface area (Å²) >= 11 is 2.14. The van der Waals surface area contributed by atoms with Crippen LogP contribution in [0.15, 0.2) is 17.8 Å². The number of hydrogen-bond acceptors (Lipinski definition) is 6. The molecule has 0 N–H and O–H groups in total. The van der Waals surface area contributed by atoms with Crippen LogP contribution in [0.5, 0.6) is 0 Å². The van der Waals surface area contributed by atoms with Crippen molar-refractivity contribution in [3.63, 3.8) is 0 Å². The van der Waals surface area contributed by atoms with Crippen molar-refractivity contribution in [3.05, 3.63) is 27.7 Å². The molecule has 0 bridgehead atoms. The lowest BCUT2D eigenvalue weighted by atomic mass is 10.3. The number of anilines is 1. The van der Waals surface area contributed by atoms with Gasteiger partial charge in [-0.05, 0) is 0 Å². The zero-order chi connectivity index (χ0) is 14.2. The Bertz CT molecular complexity index is 570. The fraction of sp³-hybridized carbons (Fsp3) is 0.455. The van der Waals surface area contributed by atoms with Gasteiger partial charge in [0.25, 0.3) is 0 Å². The summed E-state index contributed by atoms with van der Waals surface area (Å²) in [6.07, 6.45) is -1.97. The summed E-state index contributed by atoms with van der Waals surface area (Å²) in [4.78, 5) is 9.20. The predicted octanol–water partition coefficient (Wildman–Crippen LogP) is 3.20. The molecule has 2 aromatic rings. The third-order valence-corrected chi connectivity index (χ3v) is 4.81. The zero-order valence-electron chi connectivity index (χ0n) is 10.1. The van der Waals surface area contributed by atoms with Crippen LogP contribution >= 0.6 is 22.7 Å². The van der Waals surface area contributed by atoms with Crippen molar-refractivity contribution in [1.82, 2.24) is 9.97 Å². The Balaban J connectivity index is 1.75.